The number of aromatic nitrogens is 2. The summed E-state index contributed by atoms with van der Waals surface area (Å²) in [4.78, 5) is 29.9. The zero-order valence-corrected chi connectivity index (χ0v) is 21.7. The number of alkyl halides is 3. The molecule has 1 aromatic carbocycles. The summed E-state index contributed by atoms with van der Waals surface area (Å²) in [7, 11) is 0. The number of halogens is 3. The van der Waals surface area contributed by atoms with Crippen LogP contribution in [-0.2, 0) is 12.7 Å². The standard InChI is InChI=1S/C27H34F3N5O3/c1-18-3-4-19(2)35(18)22-14-20(13-21(15-22)27(28,29)30)16-32-10-6-26(17-32)7-11-33(12-8-26)25(38)34-9-5-23(31-34)24(36)37/h5,9,13-15,18-19H,3-4,6-8,10-12,16-17H2,1-2H3,(H,36,37)/t18-,19+. The van der Waals surface area contributed by atoms with Crippen LogP contribution in [0.4, 0.5) is 23.7 Å². The summed E-state index contributed by atoms with van der Waals surface area (Å²) in [5.74, 6) is -1.18. The van der Waals surface area contributed by atoms with Crippen molar-refractivity contribution in [2.75, 3.05) is 31.1 Å². The van der Waals surface area contributed by atoms with Gasteiger partial charge < -0.3 is 14.9 Å². The number of anilines is 1. The molecule has 0 radical (unpaired) electrons. The summed E-state index contributed by atoms with van der Waals surface area (Å²) in [6.07, 6.45) is 1.43. The van der Waals surface area contributed by atoms with E-state index < -0.39 is 17.7 Å². The van der Waals surface area contributed by atoms with E-state index in [1.54, 1.807) is 4.90 Å². The molecule has 3 saturated heterocycles. The zero-order chi connectivity index (χ0) is 27.2. The van der Waals surface area contributed by atoms with Gasteiger partial charge in [-0.05, 0) is 87.7 Å². The first-order valence-electron chi connectivity index (χ1n) is 13.2. The van der Waals surface area contributed by atoms with Crippen LogP contribution in [0.5, 0.6) is 0 Å². The Morgan fingerprint density at radius 1 is 1.05 bits per heavy atom. The largest absolute Gasteiger partial charge is 0.476 e. The van der Waals surface area contributed by atoms with E-state index in [1.807, 2.05) is 6.07 Å². The molecule has 3 fully saturated rings. The Morgan fingerprint density at radius 2 is 1.71 bits per heavy atom. The number of carbonyl (C=O) groups excluding carboxylic acids is 1. The number of piperidine rings is 1. The van der Waals surface area contributed by atoms with Crippen molar-refractivity contribution in [2.45, 2.75) is 70.8 Å². The maximum Gasteiger partial charge on any atom is 0.416 e. The van der Waals surface area contributed by atoms with Crippen LogP contribution in [0.2, 0.25) is 0 Å². The van der Waals surface area contributed by atoms with Crippen molar-refractivity contribution in [2.24, 2.45) is 5.41 Å². The first kappa shape index (κ1) is 26.5. The molecule has 1 aromatic heterocycles. The first-order chi connectivity index (χ1) is 17.9. The smallest absolute Gasteiger partial charge is 0.416 e. The molecular formula is C27H34F3N5O3. The van der Waals surface area contributed by atoms with Gasteiger partial charge in [-0.2, -0.15) is 23.0 Å². The number of amides is 1. The maximum atomic E-state index is 13.8. The van der Waals surface area contributed by atoms with Gasteiger partial charge in [-0.15, -0.1) is 0 Å². The van der Waals surface area contributed by atoms with Crippen LogP contribution in [-0.4, -0.2) is 74.9 Å². The van der Waals surface area contributed by atoms with Gasteiger partial charge in [0, 0.05) is 50.1 Å². The minimum absolute atomic E-state index is 0.0234. The van der Waals surface area contributed by atoms with Gasteiger partial charge in [0.2, 0.25) is 0 Å². The molecule has 0 unspecified atom stereocenters. The number of carboxylic acids is 1. The number of hydrogen-bond acceptors (Lipinski definition) is 5. The number of aromatic carboxylic acids is 1. The van der Waals surface area contributed by atoms with E-state index in [-0.39, 0.29) is 29.2 Å². The fourth-order valence-corrected chi connectivity index (χ4v) is 6.47. The van der Waals surface area contributed by atoms with Crippen LogP contribution in [0, 0.1) is 5.41 Å². The SMILES string of the molecule is C[C@@H]1CC[C@H](C)N1c1cc(CN2CCC3(CCN(C(=O)n4ccc(C(=O)O)n4)CC3)C2)cc(C(F)(F)F)c1. The lowest BCUT2D eigenvalue weighted by molar-refractivity contribution is -0.137. The molecule has 206 valence electrons. The summed E-state index contributed by atoms with van der Waals surface area (Å²) in [6, 6.07) is 5.88. The summed E-state index contributed by atoms with van der Waals surface area (Å²) in [5, 5.41) is 12.9. The maximum absolute atomic E-state index is 13.8. The van der Waals surface area contributed by atoms with Crippen LogP contribution in [0.15, 0.2) is 30.5 Å². The highest BCUT2D eigenvalue weighted by molar-refractivity contribution is 5.86. The molecule has 4 heterocycles. The van der Waals surface area contributed by atoms with E-state index in [0.29, 0.717) is 30.9 Å². The Morgan fingerprint density at radius 3 is 2.32 bits per heavy atom. The van der Waals surface area contributed by atoms with Gasteiger partial charge in [-0.3, -0.25) is 4.90 Å². The highest BCUT2D eigenvalue weighted by Gasteiger charge is 2.42. The third kappa shape index (κ3) is 5.25. The summed E-state index contributed by atoms with van der Waals surface area (Å²) < 4.78 is 42.4. The molecule has 11 heteroatoms. The van der Waals surface area contributed by atoms with E-state index in [9.17, 15) is 22.8 Å². The minimum atomic E-state index is -4.40. The molecule has 1 amide bonds. The van der Waals surface area contributed by atoms with E-state index in [4.69, 9.17) is 5.11 Å². The number of carboxylic acid groups (broad SMARTS) is 1. The van der Waals surface area contributed by atoms with Gasteiger partial charge in [-0.1, -0.05) is 0 Å². The third-order valence-corrected chi connectivity index (χ3v) is 8.58. The Bertz CT molecular complexity index is 1190. The molecule has 8 nitrogen and oxygen atoms in total. The second-order valence-corrected chi connectivity index (χ2v) is 11.2. The van der Waals surface area contributed by atoms with Gasteiger partial charge in [0.25, 0.3) is 0 Å². The van der Waals surface area contributed by atoms with E-state index in [1.165, 1.54) is 24.4 Å². The lowest BCUT2D eigenvalue weighted by atomic mass is 9.78. The molecule has 3 aliphatic heterocycles. The highest BCUT2D eigenvalue weighted by atomic mass is 19.4. The molecule has 5 rings (SSSR count). The summed E-state index contributed by atoms with van der Waals surface area (Å²) >= 11 is 0. The Balaban J connectivity index is 1.24. The minimum Gasteiger partial charge on any atom is -0.476 e. The predicted octanol–water partition coefficient (Wildman–Crippen LogP) is 4.93. The van der Waals surface area contributed by atoms with Crippen molar-refractivity contribution in [1.29, 1.82) is 0 Å². The number of likely N-dealkylation sites (tertiary alicyclic amines) is 2. The summed E-state index contributed by atoms with van der Waals surface area (Å²) in [5.41, 5.74) is 0.582. The molecular weight excluding hydrogens is 499 g/mol. The van der Waals surface area contributed by atoms with E-state index in [2.05, 4.69) is 28.7 Å². The quantitative estimate of drug-likeness (QED) is 0.600. The average Bonchev–Trinajstić information content (AvgIpc) is 3.58. The Kier molecular flexibility index (Phi) is 6.91. The third-order valence-electron chi connectivity index (χ3n) is 8.58. The first-order valence-corrected chi connectivity index (χ1v) is 13.2. The van der Waals surface area contributed by atoms with Crippen molar-refractivity contribution in [1.82, 2.24) is 19.6 Å². The molecule has 3 aliphatic rings. The van der Waals surface area contributed by atoms with Gasteiger partial charge >= 0.3 is 18.2 Å². The normalized spacial score (nSPS) is 23.9. The van der Waals surface area contributed by atoms with Gasteiger partial charge in [0.1, 0.15) is 0 Å². The number of benzene rings is 1. The van der Waals surface area contributed by atoms with E-state index >= 15 is 0 Å². The average molecular weight is 534 g/mol. The van der Waals surface area contributed by atoms with Crippen LogP contribution in [0.1, 0.15) is 67.6 Å². The molecule has 0 bridgehead atoms. The molecule has 2 atom stereocenters. The van der Waals surface area contributed by atoms with Crippen LogP contribution < -0.4 is 4.90 Å². The molecule has 2 aromatic rings. The second-order valence-electron chi connectivity index (χ2n) is 11.2. The van der Waals surface area contributed by atoms with Crippen LogP contribution >= 0.6 is 0 Å². The number of nitrogens with zero attached hydrogens (tertiary/aromatic N) is 5. The Hall–Kier alpha value is -3.08. The molecule has 1 N–H and O–H groups in total. The fraction of sp³-hybridized carbons (Fsp3) is 0.593. The van der Waals surface area contributed by atoms with Crippen molar-refractivity contribution < 1.29 is 27.9 Å². The number of rotatable bonds is 4. The van der Waals surface area contributed by atoms with Crippen molar-refractivity contribution in [3.05, 3.63) is 47.3 Å². The zero-order valence-electron chi connectivity index (χ0n) is 21.7. The van der Waals surface area contributed by atoms with Crippen molar-refractivity contribution in [3.63, 3.8) is 0 Å². The van der Waals surface area contributed by atoms with Gasteiger partial charge in [0.05, 0.1) is 5.56 Å². The van der Waals surface area contributed by atoms with Crippen LogP contribution in [0.3, 0.4) is 0 Å². The molecule has 0 saturated carbocycles. The predicted molar refractivity (Wildman–Crippen MR) is 135 cm³/mol. The van der Waals surface area contributed by atoms with Crippen LogP contribution in [0.25, 0.3) is 0 Å². The number of carbonyl (C=O) groups is 2. The highest BCUT2D eigenvalue weighted by Crippen LogP contribution is 2.42. The number of hydrogen-bond donors (Lipinski definition) is 1. The fourth-order valence-electron chi connectivity index (χ4n) is 6.47. The van der Waals surface area contributed by atoms with Gasteiger partial charge in [0.15, 0.2) is 5.69 Å². The second kappa shape index (κ2) is 9.91. The molecule has 0 aliphatic carbocycles. The summed E-state index contributed by atoms with van der Waals surface area (Å²) in [6.45, 7) is 7.26. The molecule has 38 heavy (non-hydrogen) atoms. The van der Waals surface area contributed by atoms with Crippen molar-refractivity contribution in [3.8, 4) is 0 Å². The topological polar surface area (TPSA) is 81.9 Å². The van der Waals surface area contributed by atoms with E-state index in [0.717, 1.165) is 49.9 Å². The molecule has 1 spiro atoms. The van der Waals surface area contributed by atoms with Crippen molar-refractivity contribution >= 4 is 17.7 Å². The lowest BCUT2D eigenvalue weighted by Crippen LogP contribution is -2.45. The van der Waals surface area contributed by atoms with Gasteiger partial charge in [-0.25, -0.2) is 9.59 Å². The Labute approximate surface area is 220 Å². The lowest BCUT2D eigenvalue weighted by Gasteiger charge is -2.39. The monoisotopic (exact) mass is 533 g/mol.